The van der Waals surface area contributed by atoms with Gasteiger partial charge in [-0.05, 0) is 25.7 Å². The van der Waals surface area contributed by atoms with Gasteiger partial charge in [-0.1, -0.05) is 30.3 Å². The Hall–Kier alpha value is -1.32. The standard InChI is InChI=1S/C13H19N3/c1-14(2)13-10-12(15(3)16(13)4)11-8-6-5-7-9-11/h5-10,13H,1-4H3. The zero-order valence-electron chi connectivity index (χ0n) is 10.4. The predicted molar refractivity (Wildman–Crippen MR) is 67.4 cm³/mol. The van der Waals surface area contributed by atoms with Gasteiger partial charge in [-0.3, -0.25) is 4.90 Å². The van der Waals surface area contributed by atoms with Crippen LogP contribution in [0.3, 0.4) is 0 Å². The highest BCUT2D eigenvalue weighted by Gasteiger charge is 2.28. The molecule has 1 aliphatic rings. The molecule has 3 heteroatoms. The second-order valence-corrected chi connectivity index (χ2v) is 4.39. The van der Waals surface area contributed by atoms with Crippen LogP contribution in [0.25, 0.3) is 5.70 Å². The summed E-state index contributed by atoms with van der Waals surface area (Å²) in [5.41, 5.74) is 2.53. The third-order valence-electron chi connectivity index (χ3n) is 3.11. The topological polar surface area (TPSA) is 9.72 Å². The second kappa shape index (κ2) is 4.28. The summed E-state index contributed by atoms with van der Waals surface area (Å²) in [6.07, 6.45) is 2.62. The summed E-state index contributed by atoms with van der Waals surface area (Å²) in [6.45, 7) is 0. The van der Waals surface area contributed by atoms with Gasteiger partial charge in [0.2, 0.25) is 0 Å². The first kappa shape index (κ1) is 11.2. The number of hydrazine groups is 1. The van der Waals surface area contributed by atoms with Crippen LogP contribution in [0.5, 0.6) is 0 Å². The molecule has 0 bridgehead atoms. The summed E-state index contributed by atoms with van der Waals surface area (Å²) in [7, 11) is 8.40. The minimum Gasteiger partial charge on any atom is -0.307 e. The van der Waals surface area contributed by atoms with Gasteiger partial charge in [0.05, 0.1) is 5.70 Å². The first-order valence-corrected chi connectivity index (χ1v) is 5.51. The lowest BCUT2D eigenvalue weighted by molar-refractivity contribution is 0.0216. The van der Waals surface area contributed by atoms with Gasteiger partial charge in [0.1, 0.15) is 6.17 Å². The molecule has 3 nitrogen and oxygen atoms in total. The fourth-order valence-electron chi connectivity index (χ4n) is 2.08. The highest BCUT2D eigenvalue weighted by Crippen LogP contribution is 2.27. The Labute approximate surface area is 97.5 Å². The summed E-state index contributed by atoms with van der Waals surface area (Å²) in [6, 6.07) is 10.5. The maximum atomic E-state index is 2.29. The Morgan fingerprint density at radius 1 is 1.06 bits per heavy atom. The van der Waals surface area contributed by atoms with Crippen molar-refractivity contribution in [1.82, 2.24) is 14.9 Å². The lowest BCUT2D eigenvalue weighted by atomic mass is 10.1. The van der Waals surface area contributed by atoms with Crippen LogP contribution in [0, 0.1) is 0 Å². The SMILES string of the molecule is CN(C)C1C=C(c2ccccc2)N(C)N1C. The van der Waals surface area contributed by atoms with Crippen molar-refractivity contribution < 1.29 is 0 Å². The van der Waals surface area contributed by atoms with Gasteiger partial charge in [-0.15, -0.1) is 0 Å². The first-order valence-electron chi connectivity index (χ1n) is 5.51. The molecule has 2 rings (SSSR count). The molecule has 1 heterocycles. The van der Waals surface area contributed by atoms with Crippen molar-refractivity contribution >= 4 is 5.70 Å². The number of rotatable bonds is 2. The third-order valence-corrected chi connectivity index (χ3v) is 3.11. The van der Waals surface area contributed by atoms with Gasteiger partial charge in [-0.2, -0.15) is 0 Å². The van der Waals surface area contributed by atoms with Crippen LogP contribution < -0.4 is 0 Å². The molecule has 0 saturated carbocycles. The van der Waals surface area contributed by atoms with Crippen LogP contribution in [0.4, 0.5) is 0 Å². The molecule has 0 fully saturated rings. The van der Waals surface area contributed by atoms with E-state index in [9.17, 15) is 0 Å². The minimum atomic E-state index is 0.334. The number of likely N-dealkylation sites (N-methyl/N-ethyl adjacent to an activating group) is 2. The maximum Gasteiger partial charge on any atom is 0.101 e. The van der Waals surface area contributed by atoms with E-state index in [1.807, 2.05) is 6.07 Å². The lowest BCUT2D eigenvalue weighted by Gasteiger charge is -2.31. The van der Waals surface area contributed by atoms with Crippen molar-refractivity contribution in [1.29, 1.82) is 0 Å². The number of benzene rings is 1. The lowest BCUT2D eigenvalue weighted by Crippen LogP contribution is -2.43. The van der Waals surface area contributed by atoms with E-state index in [1.165, 1.54) is 11.3 Å². The molecule has 0 aromatic heterocycles. The molecule has 1 aliphatic heterocycles. The summed E-state index contributed by atoms with van der Waals surface area (Å²) in [5, 5.41) is 4.42. The molecule has 16 heavy (non-hydrogen) atoms. The van der Waals surface area contributed by atoms with E-state index in [1.54, 1.807) is 0 Å². The molecular formula is C13H19N3. The normalized spacial score (nSPS) is 21.7. The Morgan fingerprint density at radius 3 is 2.19 bits per heavy atom. The number of hydrogen-bond donors (Lipinski definition) is 0. The highest BCUT2D eigenvalue weighted by atomic mass is 15.7. The van der Waals surface area contributed by atoms with Gasteiger partial charge in [0, 0.05) is 14.1 Å². The van der Waals surface area contributed by atoms with Crippen LogP contribution in [-0.2, 0) is 0 Å². The average Bonchev–Trinajstić information content (AvgIpc) is 2.58. The molecule has 0 aliphatic carbocycles. The van der Waals surface area contributed by atoms with E-state index in [2.05, 4.69) is 73.4 Å². The largest absolute Gasteiger partial charge is 0.307 e. The molecular weight excluding hydrogens is 198 g/mol. The van der Waals surface area contributed by atoms with Crippen molar-refractivity contribution in [2.75, 3.05) is 28.2 Å². The van der Waals surface area contributed by atoms with Crippen molar-refractivity contribution in [3.63, 3.8) is 0 Å². The molecule has 1 unspecified atom stereocenters. The van der Waals surface area contributed by atoms with Gasteiger partial charge in [0.25, 0.3) is 0 Å². The predicted octanol–water partition coefficient (Wildman–Crippen LogP) is 1.71. The zero-order chi connectivity index (χ0) is 11.7. The minimum absolute atomic E-state index is 0.334. The summed E-state index contributed by atoms with van der Waals surface area (Å²) in [4.78, 5) is 2.20. The Kier molecular flexibility index (Phi) is 2.99. The number of nitrogens with zero attached hydrogens (tertiary/aromatic N) is 3. The molecule has 0 N–H and O–H groups in total. The fourth-order valence-corrected chi connectivity index (χ4v) is 2.08. The van der Waals surface area contributed by atoms with E-state index >= 15 is 0 Å². The van der Waals surface area contributed by atoms with E-state index in [4.69, 9.17) is 0 Å². The van der Waals surface area contributed by atoms with Crippen molar-refractivity contribution in [3.8, 4) is 0 Å². The monoisotopic (exact) mass is 217 g/mol. The molecule has 0 radical (unpaired) electrons. The van der Waals surface area contributed by atoms with Crippen LogP contribution >= 0.6 is 0 Å². The molecule has 0 saturated heterocycles. The Bertz CT molecular complexity index is 383. The first-order chi connectivity index (χ1) is 7.61. The molecule has 1 aromatic rings. The van der Waals surface area contributed by atoms with E-state index < -0.39 is 0 Å². The molecule has 0 amide bonds. The quantitative estimate of drug-likeness (QED) is 0.746. The smallest absolute Gasteiger partial charge is 0.101 e. The van der Waals surface area contributed by atoms with Gasteiger partial charge in [0.15, 0.2) is 0 Å². The van der Waals surface area contributed by atoms with E-state index in [0.29, 0.717) is 6.17 Å². The van der Waals surface area contributed by atoms with Gasteiger partial charge in [-0.25, -0.2) is 5.01 Å². The van der Waals surface area contributed by atoms with Gasteiger partial charge < -0.3 is 5.01 Å². The van der Waals surface area contributed by atoms with Crippen LogP contribution in [0.1, 0.15) is 5.56 Å². The van der Waals surface area contributed by atoms with Crippen molar-refractivity contribution in [3.05, 3.63) is 42.0 Å². The summed E-state index contributed by atoms with van der Waals surface area (Å²) >= 11 is 0. The van der Waals surface area contributed by atoms with E-state index in [0.717, 1.165) is 0 Å². The Balaban J connectivity index is 2.32. The highest BCUT2D eigenvalue weighted by molar-refractivity contribution is 5.65. The molecule has 1 atom stereocenters. The van der Waals surface area contributed by atoms with Crippen LogP contribution in [0.2, 0.25) is 0 Å². The fraction of sp³-hybridized carbons (Fsp3) is 0.385. The zero-order valence-corrected chi connectivity index (χ0v) is 10.4. The third kappa shape index (κ3) is 1.84. The van der Waals surface area contributed by atoms with Gasteiger partial charge >= 0.3 is 0 Å². The van der Waals surface area contributed by atoms with E-state index in [-0.39, 0.29) is 0 Å². The second-order valence-electron chi connectivity index (χ2n) is 4.39. The summed E-state index contributed by atoms with van der Waals surface area (Å²) < 4.78 is 0. The number of hydrogen-bond acceptors (Lipinski definition) is 3. The van der Waals surface area contributed by atoms with Crippen LogP contribution in [-0.4, -0.2) is 49.3 Å². The van der Waals surface area contributed by atoms with Crippen molar-refractivity contribution in [2.24, 2.45) is 0 Å². The maximum absolute atomic E-state index is 2.29. The Morgan fingerprint density at radius 2 is 1.69 bits per heavy atom. The van der Waals surface area contributed by atoms with Crippen LogP contribution in [0.15, 0.2) is 36.4 Å². The summed E-state index contributed by atoms with van der Waals surface area (Å²) in [5.74, 6) is 0. The molecule has 86 valence electrons. The molecule has 0 spiro atoms. The molecule has 1 aromatic carbocycles. The van der Waals surface area contributed by atoms with Crippen molar-refractivity contribution in [2.45, 2.75) is 6.17 Å². The average molecular weight is 217 g/mol.